The van der Waals surface area contributed by atoms with Crippen molar-refractivity contribution in [2.75, 3.05) is 13.7 Å². The molecule has 0 radical (unpaired) electrons. The molecule has 0 saturated heterocycles. The smallest absolute Gasteiger partial charge is 0.254 e. The lowest BCUT2D eigenvalue weighted by atomic mass is 9.98. The Morgan fingerprint density at radius 3 is 2.87 bits per heavy atom. The van der Waals surface area contributed by atoms with Gasteiger partial charge >= 0.3 is 0 Å². The van der Waals surface area contributed by atoms with Gasteiger partial charge in [0.25, 0.3) is 5.91 Å². The first kappa shape index (κ1) is 14.1. The Balaban J connectivity index is 1.59. The van der Waals surface area contributed by atoms with E-state index >= 15 is 0 Å². The van der Waals surface area contributed by atoms with Gasteiger partial charge in [-0.05, 0) is 47.9 Å². The zero-order valence-corrected chi connectivity index (χ0v) is 13.5. The van der Waals surface area contributed by atoms with Crippen LogP contribution in [0.4, 0.5) is 0 Å². The van der Waals surface area contributed by atoms with Crippen molar-refractivity contribution >= 4 is 28.7 Å². The number of carbonyl (C=O) groups excluding carboxylic acids is 1. The first-order valence-corrected chi connectivity index (χ1v) is 8.15. The number of benzene rings is 2. The quantitative estimate of drug-likeness (QED) is 0.727. The van der Waals surface area contributed by atoms with Crippen molar-refractivity contribution in [2.24, 2.45) is 0 Å². The Morgan fingerprint density at radius 2 is 2.00 bits per heavy atom. The molecular weight excluding hydrogens is 310 g/mol. The van der Waals surface area contributed by atoms with Gasteiger partial charge in [-0.15, -0.1) is 0 Å². The summed E-state index contributed by atoms with van der Waals surface area (Å²) in [5.74, 6) is 0.909. The van der Waals surface area contributed by atoms with Gasteiger partial charge in [0.15, 0.2) is 0 Å². The van der Waals surface area contributed by atoms with E-state index in [0.717, 1.165) is 23.2 Å². The van der Waals surface area contributed by atoms with Gasteiger partial charge in [0, 0.05) is 18.7 Å². The molecule has 1 aliphatic rings. The summed E-state index contributed by atoms with van der Waals surface area (Å²) in [6, 6.07) is 11.6. The normalized spacial score (nSPS) is 13.9. The molecule has 2 heterocycles. The Morgan fingerprint density at radius 1 is 1.13 bits per heavy atom. The van der Waals surface area contributed by atoms with Crippen molar-refractivity contribution < 1.29 is 9.53 Å². The van der Waals surface area contributed by atoms with Gasteiger partial charge in [-0.1, -0.05) is 6.07 Å². The van der Waals surface area contributed by atoms with E-state index in [-0.39, 0.29) is 5.91 Å². The number of nitrogens with zero attached hydrogens (tertiary/aromatic N) is 3. The molecule has 23 heavy (non-hydrogen) atoms. The number of hydrogen-bond acceptors (Lipinski definition) is 5. The largest absolute Gasteiger partial charge is 0.497 e. The Kier molecular flexibility index (Phi) is 3.46. The van der Waals surface area contributed by atoms with Crippen molar-refractivity contribution in [1.29, 1.82) is 0 Å². The molecule has 1 aromatic heterocycles. The summed E-state index contributed by atoms with van der Waals surface area (Å²) in [4.78, 5) is 14.6. The second-order valence-electron chi connectivity index (χ2n) is 5.58. The lowest BCUT2D eigenvalue weighted by molar-refractivity contribution is 0.0735. The Labute approximate surface area is 137 Å². The van der Waals surface area contributed by atoms with E-state index in [1.165, 1.54) is 22.9 Å². The van der Waals surface area contributed by atoms with E-state index in [4.69, 9.17) is 4.74 Å². The van der Waals surface area contributed by atoms with Crippen LogP contribution in [0.15, 0.2) is 36.4 Å². The molecule has 0 N–H and O–H groups in total. The highest BCUT2D eigenvalue weighted by Gasteiger charge is 2.22. The summed E-state index contributed by atoms with van der Waals surface area (Å²) in [5, 5.41) is 0. The predicted molar refractivity (Wildman–Crippen MR) is 88.9 cm³/mol. The third-order valence-corrected chi connectivity index (χ3v) is 4.77. The van der Waals surface area contributed by atoms with Crippen LogP contribution in [0.5, 0.6) is 5.75 Å². The van der Waals surface area contributed by atoms with Gasteiger partial charge in [0.1, 0.15) is 16.8 Å². The highest BCUT2D eigenvalue weighted by molar-refractivity contribution is 7.00. The fourth-order valence-corrected chi connectivity index (χ4v) is 3.44. The Bertz CT molecular complexity index is 890. The van der Waals surface area contributed by atoms with Crippen LogP contribution in [0.1, 0.15) is 21.5 Å². The van der Waals surface area contributed by atoms with Crippen molar-refractivity contribution in [2.45, 2.75) is 13.0 Å². The first-order chi connectivity index (χ1) is 11.2. The lowest BCUT2D eigenvalue weighted by Gasteiger charge is -2.29. The van der Waals surface area contributed by atoms with Crippen molar-refractivity contribution in [1.82, 2.24) is 13.6 Å². The highest BCUT2D eigenvalue weighted by Crippen LogP contribution is 2.25. The van der Waals surface area contributed by atoms with Gasteiger partial charge in [-0.3, -0.25) is 4.79 Å². The summed E-state index contributed by atoms with van der Waals surface area (Å²) in [5.41, 5.74) is 4.72. The van der Waals surface area contributed by atoms with Crippen LogP contribution in [0.2, 0.25) is 0 Å². The number of aromatic nitrogens is 2. The first-order valence-electron chi connectivity index (χ1n) is 7.42. The summed E-state index contributed by atoms with van der Waals surface area (Å²) in [6.07, 6.45) is 0.846. The van der Waals surface area contributed by atoms with Crippen LogP contribution in [0, 0.1) is 0 Å². The average molecular weight is 325 g/mol. The van der Waals surface area contributed by atoms with E-state index in [0.29, 0.717) is 18.7 Å². The standard InChI is InChI=1S/C17H15N3O2S/c1-22-14-4-2-13-10-20(7-6-11(13)8-14)17(21)12-3-5-15-16(9-12)19-23-18-15/h2-5,8-9H,6-7,10H2,1H3. The van der Waals surface area contributed by atoms with E-state index in [1.54, 1.807) is 7.11 Å². The molecule has 5 nitrogen and oxygen atoms in total. The number of carbonyl (C=O) groups is 1. The molecule has 0 bridgehead atoms. The summed E-state index contributed by atoms with van der Waals surface area (Å²) < 4.78 is 13.6. The van der Waals surface area contributed by atoms with E-state index in [2.05, 4.69) is 14.8 Å². The number of methoxy groups -OCH3 is 1. The molecule has 6 heteroatoms. The number of rotatable bonds is 2. The molecule has 0 fully saturated rings. The third-order valence-electron chi connectivity index (χ3n) is 4.21. The maximum atomic E-state index is 12.8. The zero-order chi connectivity index (χ0) is 15.8. The van der Waals surface area contributed by atoms with Gasteiger partial charge < -0.3 is 9.64 Å². The molecule has 0 saturated carbocycles. The van der Waals surface area contributed by atoms with E-state index in [9.17, 15) is 4.79 Å². The number of ether oxygens (including phenoxy) is 1. The van der Waals surface area contributed by atoms with Crippen molar-refractivity contribution in [3.63, 3.8) is 0 Å². The molecule has 1 amide bonds. The monoisotopic (exact) mass is 325 g/mol. The minimum absolute atomic E-state index is 0.0429. The van der Waals surface area contributed by atoms with Crippen LogP contribution >= 0.6 is 11.7 Å². The molecule has 0 aliphatic carbocycles. The van der Waals surface area contributed by atoms with Gasteiger partial charge in [-0.2, -0.15) is 8.75 Å². The molecule has 0 atom stereocenters. The van der Waals surface area contributed by atoms with Crippen LogP contribution in [0.3, 0.4) is 0 Å². The maximum absolute atomic E-state index is 12.8. The third kappa shape index (κ3) is 2.55. The van der Waals surface area contributed by atoms with Crippen LogP contribution < -0.4 is 4.74 Å². The number of amides is 1. The van der Waals surface area contributed by atoms with Crippen molar-refractivity contribution in [3.05, 3.63) is 53.1 Å². The van der Waals surface area contributed by atoms with E-state index < -0.39 is 0 Å². The predicted octanol–water partition coefficient (Wildman–Crippen LogP) is 2.90. The molecular formula is C17H15N3O2S. The molecule has 0 unspecified atom stereocenters. The summed E-state index contributed by atoms with van der Waals surface area (Å²) in [6.45, 7) is 1.35. The SMILES string of the molecule is COc1ccc2c(c1)CCN(C(=O)c1ccc3nsnc3c1)C2. The number of fused-ring (bicyclic) bond motifs is 2. The second-order valence-corrected chi connectivity index (χ2v) is 6.11. The second kappa shape index (κ2) is 5.62. The Hall–Kier alpha value is -2.47. The van der Waals surface area contributed by atoms with E-state index in [1.807, 2.05) is 35.2 Å². The van der Waals surface area contributed by atoms with Crippen LogP contribution in [-0.4, -0.2) is 33.2 Å². The minimum atomic E-state index is 0.0429. The fraction of sp³-hybridized carbons (Fsp3) is 0.235. The fourth-order valence-electron chi connectivity index (χ4n) is 2.93. The van der Waals surface area contributed by atoms with Crippen LogP contribution in [-0.2, 0) is 13.0 Å². The van der Waals surface area contributed by atoms with Gasteiger partial charge in [-0.25, -0.2) is 0 Å². The van der Waals surface area contributed by atoms with Crippen LogP contribution in [0.25, 0.3) is 11.0 Å². The molecule has 3 aromatic rings. The lowest BCUT2D eigenvalue weighted by Crippen LogP contribution is -2.35. The topological polar surface area (TPSA) is 55.3 Å². The van der Waals surface area contributed by atoms with Gasteiger partial charge in [0.2, 0.25) is 0 Å². The van der Waals surface area contributed by atoms with Gasteiger partial charge in [0.05, 0.1) is 18.8 Å². The zero-order valence-electron chi connectivity index (χ0n) is 12.7. The molecule has 0 spiro atoms. The molecule has 2 aromatic carbocycles. The molecule has 116 valence electrons. The maximum Gasteiger partial charge on any atom is 0.254 e. The average Bonchev–Trinajstić information content (AvgIpc) is 3.07. The van der Waals surface area contributed by atoms with Crippen molar-refractivity contribution in [3.8, 4) is 5.75 Å². The molecule has 1 aliphatic heterocycles. The number of hydrogen-bond donors (Lipinski definition) is 0. The summed E-state index contributed by atoms with van der Waals surface area (Å²) in [7, 11) is 1.67. The highest BCUT2D eigenvalue weighted by atomic mass is 32.1. The minimum Gasteiger partial charge on any atom is -0.497 e. The molecule has 4 rings (SSSR count). The summed E-state index contributed by atoms with van der Waals surface area (Å²) >= 11 is 1.17.